The summed E-state index contributed by atoms with van der Waals surface area (Å²) in [5.74, 6) is 0. The number of aromatic nitrogens is 2. The summed E-state index contributed by atoms with van der Waals surface area (Å²) in [6.07, 6.45) is 3.82. The van der Waals surface area contributed by atoms with Crippen LogP contribution in [0.3, 0.4) is 0 Å². The minimum Gasteiger partial charge on any atom is -0.388 e. The third-order valence-electron chi connectivity index (χ3n) is 2.02. The van der Waals surface area contributed by atoms with Crippen molar-refractivity contribution in [1.82, 2.24) is 9.38 Å². The van der Waals surface area contributed by atoms with Crippen LogP contribution in [0.1, 0.15) is 5.69 Å². The number of rotatable bonds is 1. The molecule has 0 atom stereocenters. The normalized spacial score (nSPS) is 10.5. The van der Waals surface area contributed by atoms with Crippen LogP contribution in [0.25, 0.3) is 5.52 Å². The number of anilines is 1. The van der Waals surface area contributed by atoms with Crippen molar-refractivity contribution in [1.29, 1.82) is 0 Å². The zero-order valence-corrected chi connectivity index (χ0v) is 7.20. The van der Waals surface area contributed by atoms with E-state index in [1.165, 1.54) is 0 Å². The van der Waals surface area contributed by atoms with Crippen LogP contribution in [0.5, 0.6) is 0 Å². The predicted octanol–water partition coefficient (Wildman–Crippen LogP) is 1.68. The van der Waals surface area contributed by atoms with Crippen molar-refractivity contribution in [2.24, 2.45) is 0 Å². The van der Waals surface area contributed by atoms with Crippen LogP contribution in [-0.2, 0) is 0 Å². The Kier molecular flexibility index (Phi) is 1.50. The van der Waals surface area contributed by atoms with E-state index in [0.717, 1.165) is 16.9 Å². The number of nitrogens with zero attached hydrogens (tertiary/aromatic N) is 2. The lowest BCUT2D eigenvalue weighted by molar-refractivity contribution is 1.15. The number of hydrogen-bond donors (Lipinski definition) is 1. The Labute approximate surface area is 71.0 Å². The van der Waals surface area contributed by atoms with Crippen molar-refractivity contribution >= 4 is 11.2 Å². The van der Waals surface area contributed by atoms with Crippen LogP contribution >= 0.6 is 0 Å². The monoisotopic (exact) mass is 161 g/mol. The van der Waals surface area contributed by atoms with Gasteiger partial charge in [-0.15, -0.1) is 0 Å². The summed E-state index contributed by atoms with van der Waals surface area (Å²) >= 11 is 0. The van der Waals surface area contributed by atoms with Gasteiger partial charge in [0.15, 0.2) is 0 Å². The number of pyridine rings is 1. The molecule has 0 bridgehead atoms. The quantitative estimate of drug-likeness (QED) is 0.689. The van der Waals surface area contributed by atoms with Crippen molar-refractivity contribution in [3.05, 3.63) is 30.4 Å². The molecule has 2 aromatic rings. The maximum Gasteiger partial charge on any atom is 0.0995 e. The standard InChI is InChI=1S/C9H11N3/c1-7-9-5-8(10-2)3-4-12(9)6-11-7/h3-6,10H,1-2H3. The Morgan fingerprint density at radius 3 is 3.08 bits per heavy atom. The molecule has 2 rings (SSSR count). The second-order valence-electron chi connectivity index (χ2n) is 2.79. The Morgan fingerprint density at radius 2 is 2.33 bits per heavy atom. The molecule has 0 saturated heterocycles. The highest BCUT2D eigenvalue weighted by Crippen LogP contribution is 2.13. The van der Waals surface area contributed by atoms with Crippen LogP contribution < -0.4 is 5.32 Å². The lowest BCUT2D eigenvalue weighted by atomic mass is 10.3. The van der Waals surface area contributed by atoms with Gasteiger partial charge in [-0.05, 0) is 19.1 Å². The van der Waals surface area contributed by atoms with Gasteiger partial charge in [-0.2, -0.15) is 0 Å². The molecule has 2 heterocycles. The fourth-order valence-corrected chi connectivity index (χ4v) is 1.27. The SMILES string of the molecule is CNc1ccn2cnc(C)c2c1. The second kappa shape index (κ2) is 2.52. The van der Waals surface area contributed by atoms with Crippen molar-refractivity contribution in [3.63, 3.8) is 0 Å². The van der Waals surface area contributed by atoms with Gasteiger partial charge in [0.2, 0.25) is 0 Å². The van der Waals surface area contributed by atoms with Crippen LogP contribution in [0, 0.1) is 6.92 Å². The first kappa shape index (κ1) is 7.16. The first-order valence-corrected chi connectivity index (χ1v) is 3.92. The summed E-state index contributed by atoms with van der Waals surface area (Å²) in [5, 5.41) is 3.10. The zero-order valence-electron chi connectivity index (χ0n) is 7.20. The maximum atomic E-state index is 4.21. The molecule has 0 aliphatic rings. The number of fused-ring (bicyclic) bond motifs is 1. The number of imidazole rings is 1. The summed E-state index contributed by atoms with van der Waals surface area (Å²) in [4.78, 5) is 4.21. The van der Waals surface area contributed by atoms with Crippen LogP contribution in [0.4, 0.5) is 5.69 Å². The molecule has 0 unspecified atom stereocenters. The highest BCUT2D eigenvalue weighted by atomic mass is 15.0. The minimum absolute atomic E-state index is 1.06. The zero-order chi connectivity index (χ0) is 8.55. The molecule has 0 radical (unpaired) electrons. The number of aryl methyl sites for hydroxylation is 1. The molecule has 0 saturated carbocycles. The van der Waals surface area contributed by atoms with Gasteiger partial charge < -0.3 is 9.72 Å². The third-order valence-corrected chi connectivity index (χ3v) is 2.02. The molecule has 1 N–H and O–H groups in total. The van der Waals surface area contributed by atoms with Gasteiger partial charge in [-0.3, -0.25) is 0 Å². The lowest BCUT2D eigenvalue weighted by Gasteiger charge is -2.00. The molecule has 0 aromatic carbocycles. The van der Waals surface area contributed by atoms with E-state index in [-0.39, 0.29) is 0 Å². The molecule has 3 heteroatoms. The van der Waals surface area contributed by atoms with Gasteiger partial charge in [0, 0.05) is 18.9 Å². The van der Waals surface area contributed by atoms with Gasteiger partial charge in [-0.25, -0.2) is 4.98 Å². The number of hydrogen-bond acceptors (Lipinski definition) is 2. The van der Waals surface area contributed by atoms with Crippen molar-refractivity contribution in [2.45, 2.75) is 6.92 Å². The number of nitrogens with one attached hydrogen (secondary N) is 1. The summed E-state index contributed by atoms with van der Waals surface area (Å²) in [5.41, 5.74) is 3.33. The predicted molar refractivity (Wildman–Crippen MR) is 49.5 cm³/mol. The largest absolute Gasteiger partial charge is 0.388 e. The van der Waals surface area contributed by atoms with Gasteiger partial charge in [0.1, 0.15) is 0 Å². The summed E-state index contributed by atoms with van der Waals surface area (Å²) in [6, 6.07) is 4.11. The lowest BCUT2D eigenvalue weighted by Crippen LogP contribution is -1.89. The van der Waals surface area contributed by atoms with Crippen LogP contribution in [0.2, 0.25) is 0 Å². The fraction of sp³-hybridized carbons (Fsp3) is 0.222. The molecule has 0 aliphatic carbocycles. The Morgan fingerprint density at radius 1 is 1.50 bits per heavy atom. The van der Waals surface area contributed by atoms with E-state index in [4.69, 9.17) is 0 Å². The van der Waals surface area contributed by atoms with Crippen LogP contribution in [0.15, 0.2) is 24.7 Å². The molecule has 0 spiro atoms. The smallest absolute Gasteiger partial charge is 0.0995 e. The highest BCUT2D eigenvalue weighted by Gasteiger charge is 1.98. The topological polar surface area (TPSA) is 29.3 Å². The van der Waals surface area contributed by atoms with Gasteiger partial charge in [0.25, 0.3) is 0 Å². The van der Waals surface area contributed by atoms with Crippen molar-refractivity contribution in [2.75, 3.05) is 12.4 Å². The molecule has 2 aromatic heterocycles. The maximum absolute atomic E-state index is 4.21. The van der Waals surface area contributed by atoms with Gasteiger partial charge >= 0.3 is 0 Å². The molecule has 0 aliphatic heterocycles. The van der Waals surface area contributed by atoms with Crippen molar-refractivity contribution < 1.29 is 0 Å². The molecule has 12 heavy (non-hydrogen) atoms. The molecule has 3 nitrogen and oxygen atoms in total. The highest BCUT2D eigenvalue weighted by molar-refractivity contribution is 5.60. The Bertz CT molecular complexity index is 403. The first-order chi connectivity index (χ1) is 5.81. The van der Waals surface area contributed by atoms with E-state index in [9.17, 15) is 0 Å². The van der Waals surface area contributed by atoms with E-state index < -0.39 is 0 Å². The molecule has 0 amide bonds. The van der Waals surface area contributed by atoms with E-state index in [1.54, 1.807) is 0 Å². The average Bonchev–Trinajstić information content (AvgIpc) is 2.47. The molecular weight excluding hydrogens is 150 g/mol. The second-order valence-corrected chi connectivity index (χ2v) is 2.79. The van der Waals surface area contributed by atoms with Crippen LogP contribution in [-0.4, -0.2) is 16.4 Å². The molecule has 62 valence electrons. The summed E-state index contributed by atoms with van der Waals surface area (Å²) in [6.45, 7) is 2.01. The summed E-state index contributed by atoms with van der Waals surface area (Å²) in [7, 11) is 1.91. The third kappa shape index (κ3) is 0.942. The average molecular weight is 161 g/mol. The van der Waals surface area contributed by atoms with Gasteiger partial charge in [0.05, 0.1) is 17.5 Å². The van der Waals surface area contributed by atoms with E-state index in [2.05, 4.69) is 16.4 Å². The Hall–Kier alpha value is -1.51. The fourth-order valence-electron chi connectivity index (χ4n) is 1.27. The molecule has 0 fully saturated rings. The Balaban J connectivity index is 2.71. The van der Waals surface area contributed by atoms with E-state index in [0.29, 0.717) is 0 Å². The van der Waals surface area contributed by atoms with E-state index in [1.807, 2.05) is 37.0 Å². The molecular formula is C9H11N3. The summed E-state index contributed by atoms with van der Waals surface area (Å²) < 4.78 is 2.01. The minimum atomic E-state index is 1.06. The van der Waals surface area contributed by atoms with E-state index >= 15 is 0 Å². The van der Waals surface area contributed by atoms with Crippen molar-refractivity contribution in [3.8, 4) is 0 Å². The van der Waals surface area contributed by atoms with Gasteiger partial charge in [-0.1, -0.05) is 0 Å². The first-order valence-electron chi connectivity index (χ1n) is 3.92.